The highest BCUT2D eigenvalue weighted by Crippen LogP contribution is 2.41. The summed E-state index contributed by atoms with van der Waals surface area (Å²) < 4.78 is 37.9. The molecule has 0 spiro atoms. The van der Waals surface area contributed by atoms with Crippen LogP contribution in [0.3, 0.4) is 0 Å². The largest absolute Gasteiger partial charge is 0.487 e. The van der Waals surface area contributed by atoms with E-state index >= 15 is 0 Å². The summed E-state index contributed by atoms with van der Waals surface area (Å²) in [6.45, 7) is 10.4. The molecule has 0 bridgehead atoms. The van der Waals surface area contributed by atoms with Crippen LogP contribution in [-0.2, 0) is 46.4 Å². The Morgan fingerprint density at radius 3 is 2.31 bits per heavy atom. The molecule has 22 heteroatoms. The second-order valence-electron chi connectivity index (χ2n) is 20.7. The predicted molar refractivity (Wildman–Crippen MR) is 303 cm³/mol. The van der Waals surface area contributed by atoms with Crippen molar-refractivity contribution < 1.29 is 47.6 Å². The third kappa shape index (κ3) is 18.1. The van der Waals surface area contributed by atoms with Crippen LogP contribution in [0.1, 0.15) is 95.5 Å². The fourth-order valence-electron chi connectivity index (χ4n) is 9.54. The zero-order valence-electron chi connectivity index (χ0n) is 44.7. The Hall–Kier alpha value is -5.32. The first-order valence-electron chi connectivity index (χ1n) is 26.4. The topological polar surface area (TPSA) is 215 Å². The van der Waals surface area contributed by atoms with Gasteiger partial charge in [0.05, 0.1) is 71.8 Å². The lowest BCUT2D eigenvalue weighted by molar-refractivity contribution is -0.144. The van der Waals surface area contributed by atoms with Gasteiger partial charge >= 0.3 is 0 Å². The Morgan fingerprint density at radius 2 is 1.62 bits per heavy atom. The van der Waals surface area contributed by atoms with Crippen LogP contribution >= 0.6 is 46.7 Å². The maximum absolute atomic E-state index is 14.7. The number of aliphatic hydroxyl groups excluding tert-OH is 1. The molecule has 4 heterocycles. The number of thiazole rings is 2. The maximum Gasteiger partial charge on any atom is 0.246 e. The van der Waals surface area contributed by atoms with Crippen LogP contribution in [0.25, 0.3) is 10.4 Å². The molecule has 3 atom stereocenters. The number of aliphatic hydroxyl groups is 1. The molecule has 3 aromatic heterocycles. The van der Waals surface area contributed by atoms with Gasteiger partial charge in [0.15, 0.2) is 16.7 Å². The Labute approximate surface area is 475 Å². The summed E-state index contributed by atoms with van der Waals surface area (Å²) in [4.78, 5) is 70.6. The van der Waals surface area contributed by atoms with Crippen molar-refractivity contribution in [2.45, 2.75) is 123 Å². The molecule has 1 aliphatic heterocycles. The molecule has 7 rings (SSSR count). The van der Waals surface area contributed by atoms with E-state index in [4.69, 9.17) is 35.5 Å². The molecule has 1 aliphatic carbocycles. The van der Waals surface area contributed by atoms with Gasteiger partial charge in [-0.3, -0.25) is 19.2 Å². The number of amides is 4. The van der Waals surface area contributed by atoms with Gasteiger partial charge in [-0.05, 0) is 86.3 Å². The SMILES string of the molecule is Cc1ncsc1-c1ccc(CNC(=O)[C@@H]2C[C@@H](O)CN2C(=O)[C@@H](NC(=O)CCCCCOCCOCCOCCNC(=O)C2(Cc3cccc(Nc4nccs4)n3)CCC(Oc3cccc(Cl)c3F)CC2)C(C)(C)C)cc1.Cl. The number of pyridine rings is 1. The molecule has 2 fully saturated rings. The molecule has 2 aliphatic rings. The number of nitrogens with zero attached hydrogens (tertiary/aromatic N) is 4. The molecule has 5 N–H and O–H groups in total. The fourth-order valence-corrected chi connectivity index (χ4v) is 11.0. The number of hydrogen-bond donors (Lipinski definition) is 5. The first-order chi connectivity index (χ1) is 37.1. The third-order valence-electron chi connectivity index (χ3n) is 13.8. The monoisotopic (exact) mass is 1150 g/mol. The Bertz CT molecular complexity index is 2690. The zero-order chi connectivity index (χ0) is 54.8. The first-order valence-corrected chi connectivity index (χ1v) is 28.5. The van der Waals surface area contributed by atoms with Crippen LogP contribution in [0.4, 0.5) is 15.3 Å². The van der Waals surface area contributed by atoms with E-state index in [9.17, 15) is 28.7 Å². The first kappa shape index (κ1) is 61.9. The van der Waals surface area contributed by atoms with Crippen LogP contribution in [0.5, 0.6) is 5.75 Å². The number of carbonyl (C=O) groups excluding carboxylic acids is 4. The molecule has 424 valence electrons. The molecule has 2 aromatic carbocycles. The molecule has 0 unspecified atom stereocenters. The molecule has 1 saturated heterocycles. The molecule has 0 radical (unpaired) electrons. The number of β-amino-alcohol motifs (C(OH)–C–C–N with tert-alkyl or cyclic N) is 1. The number of nitrogens with one attached hydrogen (secondary N) is 4. The van der Waals surface area contributed by atoms with E-state index in [1.54, 1.807) is 29.7 Å². The van der Waals surface area contributed by atoms with Gasteiger partial charge < -0.3 is 50.2 Å². The number of hydrogen-bond acceptors (Lipinski definition) is 15. The van der Waals surface area contributed by atoms with Gasteiger partial charge in [-0.1, -0.05) is 75.2 Å². The van der Waals surface area contributed by atoms with Gasteiger partial charge in [0, 0.05) is 62.8 Å². The number of rotatable bonds is 28. The maximum atomic E-state index is 14.7. The summed E-state index contributed by atoms with van der Waals surface area (Å²) in [6.07, 6.45) is 5.54. The molecule has 1 saturated carbocycles. The van der Waals surface area contributed by atoms with Crippen LogP contribution in [0, 0.1) is 23.6 Å². The summed E-state index contributed by atoms with van der Waals surface area (Å²) in [5.41, 5.74) is 4.08. The number of ether oxygens (including phenoxy) is 4. The highest BCUT2D eigenvalue weighted by atomic mass is 35.5. The van der Waals surface area contributed by atoms with Crippen LogP contribution in [-0.4, -0.2) is 126 Å². The van der Waals surface area contributed by atoms with Crippen molar-refractivity contribution in [2.24, 2.45) is 10.8 Å². The third-order valence-corrected chi connectivity index (χ3v) is 15.7. The van der Waals surface area contributed by atoms with E-state index in [0.29, 0.717) is 90.5 Å². The average molecular weight is 1160 g/mol. The van der Waals surface area contributed by atoms with Crippen molar-refractivity contribution in [3.63, 3.8) is 0 Å². The number of halogens is 3. The average Bonchev–Trinajstić information content (AvgIpc) is 4.22. The smallest absolute Gasteiger partial charge is 0.246 e. The highest BCUT2D eigenvalue weighted by Gasteiger charge is 2.45. The number of likely N-dealkylation sites (tertiary alicyclic amines) is 1. The van der Waals surface area contributed by atoms with Gasteiger partial charge in [0.1, 0.15) is 17.9 Å². The zero-order valence-corrected chi connectivity index (χ0v) is 47.9. The Balaban J connectivity index is 0.00000984. The quantitative estimate of drug-likeness (QED) is 0.0296. The normalized spacial score (nSPS) is 18.7. The second-order valence-corrected chi connectivity index (χ2v) is 22.8. The molecule has 78 heavy (non-hydrogen) atoms. The van der Waals surface area contributed by atoms with Crippen molar-refractivity contribution in [1.29, 1.82) is 0 Å². The minimum absolute atomic E-state index is 0. The summed E-state index contributed by atoms with van der Waals surface area (Å²) in [5, 5.41) is 25.4. The minimum Gasteiger partial charge on any atom is -0.487 e. The Morgan fingerprint density at radius 1 is 0.897 bits per heavy atom. The van der Waals surface area contributed by atoms with Crippen molar-refractivity contribution in [2.75, 3.05) is 58.0 Å². The van der Waals surface area contributed by atoms with E-state index in [0.717, 1.165) is 45.4 Å². The summed E-state index contributed by atoms with van der Waals surface area (Å²) >= 11 is 9.04. The lowest BCUT2D eigenvalue weighted by Gasteiger charge is -2.39. The molecule has 17 nitrogen and oxygen atoms in total. The van der Waals surface area contributed by atoms with Gasteiger partial charge in [0.2, 0.25) is 23.6 Å². The lowest BCUT2D eigenvalue weighted by atomic mass is 9.69. The van der Waals surface area contributed by atoms with E-state index in [-0.39, 0.29) is 72.9 Å². The standard InChI is InChI=1S/C56H72ClFN8O9S2.ClH/c1-37-49(77-36-62-37)39-17-15-38(16-18-39)34-61-51(69)44-32-41(67)35-66(44)52(70)50(55(2,3)4)65-47(68)14-6-5-7-25-72-27-29-74-30-28-73-26-23-59-53(71)56(33-40-10-8-13-46(63-40)64-54-60-24-31-76-54)21-19-42(20-22-56)75-45-12-9-11-43(57)48(45)58;/h8-13,15-18,24,31,36,41-42,44,50,67H,5-7,14,19-23,25-30,32-35H2,1-4H3,(H,59,71)(H,61,69)(H,65,68)(H,60,63,64);1H/t41-,42?,44+,50-,56?;/m1./s1. The summed E-state index contributed by atoms with van der Waals surface area (Å²) in [5.74, 6) is -0.956. The van der Waals surface area contributed by atoms with Crippen LogP contribution in [0.2, 0.25) is 5.02 Å². The van der Waals surface area contributed by atoms with E-state index in [1.165, 1.54) is 22.3 Å². The van der Waals surface area contributed by atoms with E-state index in [2.05, 4.69) is 31.2 Å². The molecular formula is C56H73Cl2FN8O9S2. The van der Waals surface area contributed by atoms with E-state index in [1.807, 2.05) is 81.1 Å². The number of carbonyl (C=O) groups is 4. The molecular weight excluding hydrogens is 1080 g/mol. The molecule has 5 aromatic rings. The highest BCUT2D eigenvalue weighted by molar-refractivity contribution is 7.13. The minimum atomic E-state index is -0.893. The number of aryl methyl sites for hydroxylation is 1. The second kappa shape index (κ2) is 30.3. The van der Waals surface area contributed by atoms with Gasteiger partial charge in [0.25, 0.3) is 0 Å². The van der Waals surface area contributed by atoms with Crippen molar-refractivity contribution in [3.8, 4) is 16.2 Å². The summed E-state index contributed by atoms with van der Waals surface area (Å²) in [6, 6.07) is 16.5. The van der Waals surface area contributed by atoms with Crippen molar-refractivity contribution >= 4 is 81.3 Å². The number of aromatic nitrogens is 3. The van der Waals surface area contributed by atoms with Gasteiger partial charge in [-0.15, -0.1) is 35.1 Å². The lowest BCUT2D eigenvalue weighted by Crippen LogP contribution is -2.57. The number of benzene rings is 2. The van der Waals surface area contributed by atoms with Crippen LogP contribution in [0.15, 0.2) is 77.8 Å². The summed E-state index contributed by atoms with van der Waals surface area (Å²) in [7, 11) is 0. The van der Waals surface area contributed by atoms with E-state index < -0.39 is 40.7 Å². The van der Waals surface area contributed by atoms with Gasteiger partial charge in [-0.25, -0.2) is 19.3 Å². The number of anilines is 2. The predicted octanol–water partition coefficient (Wildman–Crippen LogP) is 9.01. The van der Waals surface area contributed by atoms with Crippen LogP contribution < -0.4 is 26.0 Å². The molecule has 4 amide bonds. The number of unbranched alkanes of at least 4 members (excludes halogenated alkanes) is 2. The fraction of sp³-hybridized carbons (Fsp3) is 0.518. The van der Waals surface area contributed by atoms with Crippen molar-refractivity contribution in [3.05, 3.63) is 106 Å². The van der Waals surface area contributed by atoms with Crippen molar-refractivity contribution in [1.82, 2.24) is 35.8 Å². The Kier molecular flexibility index (Phi) is 24.1. The van der Waals surface area contributed by atoms with Gasteiger partial charge in [-0.2, -0.15) is 0 Å².